The molecule has 0 unspecified atom stereocenters. The lowest BCUT2D eigenvalue weighted by molar-refractivity contribution is -0.0236. The van der Waals surface area contributed by atoms with Crippen LogP contribution in [0.3, 0.4) is 0 Å². The predicted molar refractivity (Wildman–Crippen MR) is 105 cm³/mol. The van der Waals surface area contributed by atoms with Gasteiger partial charge in [0.05, 0.1) is 18.9 Å². The molecule has 2 aliphatic rings. The van der Waals surface area contributed by atoms with Gasteiger partial charge < -0.3 is 19.5 Å². The predicted octanol–water partition coefficient (Wildman–Crippen LogP) is 1.79. The SMILES string of the molecule is COc1nccnc1C(=O)N1C[C@H]2C[C@@H](Oc3ccc(C)nc3C)[C@H](O)C[C@H]2C1. The number of aliphatic hydroxyl groups excluding tert-OH is 1. The monoisotopic (exact) mass is 398 g/mol. The smallest absolute Gasteiger partial charge is 0.278 e. The second-order valence-electron chi connectivity index (χ2n) is 7.88. The van der Waals surface area contributed by atoms with Crippen molar-refractivity contribution in [1.82, 2.24) is 19.9 Å². The molecule has 0 bridgehead atoms. The third-order valence-corrected chi connectivity index (χ3v) is 5.89. The molecule has 0 aromatic carbocycles. The average Bonchev–Trinajstić information content (AvgIpc) is 3.12. The van der Waals surface area contributed by atoms with E-state index < -0.39 is 6.10 Å². The lowest BCUT2D eigenvalue weighted by Crippen LogP contribution is -2.42. The van der Waals surface area contributed by atoms with E-state index in [1.54, 1.807) is 4.90 Å². The number of carbonyl (C=O) groups excluding carboxylic acids is 1. The van der Waals surface area contributed by atoms with Gasteiger partial charge in [0, 0.05) is 31.2 Å². The maximum Gasteiger partial charge on any atom is 0.278 e. The largest absolute Gasteiger partial charge is 0.486 e. The Morgan fingerprint density at radius 3 is 2.59 bits per heavy atom. The molecule has 3 heterocycles. The fourth-order valence-electron chi connectivity index (χ4n) is 4.42. The van der Waals surface area contributed by atoms with Crippen LogP contribution in [0.2, 0.25) is 0 Å². The second kappa shape index (κ2) is 7.94. The molecule has 1 saturated carbocycles. The van der Waals surface area contributed by atoms with Crippen molar-refractivity contribution in [3.05, 3.63) is 41.6 Å². The van der Waals surface area contributed by atoms with Crippen LogP contribution < -0.4 is 9.47 Å². The van der Waals surface area contributed by atoms with Crippen molar-refractivity contribution in [1.29, 1.82) is 0 Å². The number of ether oxygens (including phenoxy) is 2. The molecule has 2 fully saturated rings. The number of hydrogen-bond donors (Lipinski definition) is 1. The van der Waals surface area contributed by atoms with Gasteiger partial charge in [0.15, 0.2) is 5.69 Å². The minimum absolute atomic E-state index is 0.185. The molecule has 1 N–H and O–H groups in total. The van der Waals surface area contributed by atoms with Gasteiger partial charge in [0.2, 0.25) is 5.88 Å². The molecule has 8 nitrogen and oxygen atoms in total. The quantitative estimate of drug-likeness (QED) is 0.838. The number of aryl methyl sites for hydroxylation is 2. The van der Waals surface area contributed by atoms with Gasteiger partial charge in [0.25, 0.3) is 5.91 Å². The van der Waals surface area contributed by atoms with Gasteiger partial charge >= 0.3 is 0 Å². The van der Waals surface area contributed by atoms with Gasteiger partial charge in [-0.1, -0.05) is 0 Å². The first-order valence-electron chi connectivity index (χ1n) is 9.89. The van der Waals surface area contributed by atoms with Crippen LogP contribution in [-0.2, 0) is 0 Å². The zero-order valence-electron chi connectivity index (χ0n) is 16.9. The Morgan fingerprint density at radius 1 is 1.14 bits per heavy atom. The minimum Gasteiger partial charge on any atom is -0.486 e. The molecule has 8 heteroatoms. The molecule has 2 aromatic rings. The Kier molecular flexibility index (Phi) is 5.36. The number of fused-ring (bicyclic) bond motifs is 1. The van der Waals surface area contributed by atoms with Crippen molar-refractivity contribution in [2.24, 2.45) is 11.8 Å². The molecule has 1 aliphatic heterocycles. The Morgan fingerprint density at radius 2 is 1.86 bits per heavy atom. The van der Waals surface area contributed by atoms with Crippen molar-refractivity contribution in [3.63, 3.8) is 0 Å². The standard InChI is InChI=1S/C21H26N4O4/c1-12-4-5-17(13(2)24-12)29-18-9-15-11-25(10-14(15)8-16(18)26)21(27)19-20(28-3)23-7-6-22-19/h4-7,14-16,18,26H,8-11H2,1-3H3/t14-,15+,16+,18+/m0/s1. The summed E-state index contributed by atoms with van der Waals surface area (Å²) in [6, 6.07) is 3.81. The summed E-state index contributed by atoms with van der Waals surface area (Å²) in [4.78, 5) is 27.4. The summed E-state index contributed by atoms with van der Waals surface area (Å²) in [5.74, 6) is 1.27. The van der Waals surface area contributed by atoms with Gasteiger partial charge in [-0.05, 0) is 50.7 Å². The molecule has 2 aromatic heterocycles. The molecule has 4 atom stereocenters. The van der Waals surface area contributed by atoms with Crippen molar-refractivity contribution in [2.45, 2.75) is 38.9 Å². The Bertz CT molecular complexity index is 906. The maximum atomic E-state index is 12.9. The fraction of sp³-hybridized carbons (Fsp3) is 0.524. The molecule has 154 valence electrons. The second-order valence-corrected chi connectivity index (χ2v) is 7.88. The zero-order chi connectivity index (χ0) is 20.5. The Hall–Kier alpha value is -2.74. The van der Waals surface area contributed by atoms with Gasteiger partial charge in [-0.3, -0.25) is 9.78 Å². The van der Waals surface area contributed by atoms with Crippen LogP contribution in [-0.4, -0.2) is 63.3 Å². The van der Waals surface area contributed by atoms with Crippen LogP contribution in [0.4, 0.5) is 0 Å². The molecular formula is C21H26N4O4. The minimum atomic E-state index is -0.571. The van der Waals surface area contributed by atoms with E-state index in [0.29, 0.717) is 31.7 Å². The normalized spacial score (nSPS) is 26.1. The number of nitrogens with zero attached hydrogens (tertiary/aromatic N) is 4. The molecule has 1 amide bonds. The van der Waals surface area contributed by atoms with E-state index in [1.165, 1.54) is 19.5 Å². The Balaban J connectivity index is 1.45. The van der Waals surface area contributed by atoms with E-state index in [2.05, 4.69) is 15.0 Å². The van der Waals surface area contributed by atoms with Gasteiger partial charge in [-0.15, -0.1) is 0 Å². The van der Waals surface area contributed by atoms with Crippen LogP contribution in [0.1, 0.15) is 34.7 Å². The molecule has 0 spiro atoms. The van der Waals surface area contributed by atoms with Crippen molar-refractivity contribution in [2.75, 3.05) is 20.2 Å². The van der Waals surface area contributed by atoms with E-state index in [9.17, 15) is 9.90 Å². The summed E-state index contributed by atoms with van der Waals surface area (Å²) >= 11 is 0. The first-order chi connectivity index (χ1) is 14.0. The molecular weight excluding hydrogens is 372 g/mol. The lowest BCUT2D eigenvalue weighted by atomic mass is 9.78. The lowest BCUT2D eigenvalue weighted by Gasteiger charge is -2.35. The number of likely N-dealkylation sites (tertiary alicyclic amines) is 1. The van der Waals surface area contributed by atoms with Gasteiger partial charge in [-0.25, -0.2) is 9.97 Å². The number of rotatable bonds is 4. The number of methoxy groups -OCH3 is 1. The highest BCUT2D eigenvalue weighted by molar-refractivity contribution is 5.94. The average molecular weight is 398 g/mol. The molecule has 29 heavy (non-hydrogen) atoms. The summed E-state index contributed by atoms with van der Waals surface area (Å²) in [6.45, 7) is 5.05. The van der Waals surface area contributed by atoms with Crippen molar-refractivity contribution in [3.8, 4) is 11.6 Å². The maximum absolute atomic E-state index is 12.9. The summed E-state index contributed by atoms with van der Waals surface area (Å²) in [5, 5.41) is 10.7. The number of aromatic nitrogens is 3. The van der Waals surface area contributed by atoms with Crippen molar-refractivity contribution < 1.29 is 19.4 Å². The third-order valence-electron chi connectivity index (χ3n) is 5.89. The van der Waals surface area contributed by atoms with Gasteiger partial charge in [-0.2, -0.15) is 0 Å². The van der Waals surface area contributed by atoms with E-state index in [4.69, 9.17) is 9.47 Å². The summed E-state index contributed by atoms with van der Waals surface area (Å²) in [7, 11) is 1.48. The summed E-state index contributed by atoms with van der Waals surface area (Å²) in [6.07, 6.45) is 3.42. The van der Waals surface area contributed by atoms with E-state index in [1.807, 2.05) is 26.0 Å². The Labute approximate surface area is 169 Å². The number of pyridine rings is 1. The topological polar surface area (TPSA) is 97.7 Å². The number of aliphatic hydroxyl groups is 1. The summed E-state index contributed by atoms with van der Waals surface area (Å²) in [5.41, 5.74) is 1.98. The van der Waals surface area contributed by atoms with E-state index in [0.717, 1.165) is 11.4 Å². The first kappa shape index (κ1) is 19.6. The number of carbonyl (C=O) groups is 1. The highest BCUT2D eigenvalue weighted by Gasteiger charge is 2.44. The van der Waals surface area contributed by atoms with Gasteiger partial charge in [0.1, 0.15) is 11.9 Å². The molecule has 0 radical (unpaired) electrons. The summed E-state index contributed by atoms with van der Waals surface area (Å²) < 4.78 is 11.3. The zero-order valence-corrected chi connectivity index (χ0v) is 16.9. The van der Waals surface area contributed by atoms with E-state index in [-0.39, 0.29) is 35.4 Å². The number of hydrogen-bond acceptors (Lipinski definition) is 7. The highest BCUT2D eigenvalue weighted by atomic mass is 16.5. The fourth-order valence-corrected chi connectivity index (χ4v) is 4.42. The van der Waals surface area contributed by atoms with Crippen LogP contribution in [0.15, 0.2) is 24.5 Å². The molecule has 1 aliphatic carbocycles. The first-order valence-corrected chi connectivity index (χ1v) is 9.89. The van der Waals surface area contributed by atoms with Crippen LogP contribution in [0.5, 0.6) is 11.6 Å². The van der Waals surface area contributed by atoms with Crippen molar-refractivity contribution >= 4 is 5.91 Å². The number of amides is 1. The highest BCUT2D eigenvalue weighted by Crippen LogP contribution is 2.39. The third kappa shape index (κ3) is 3.89. The van der Waals surface area contributed by atoms with Crippen LogP contribution in [0, 0.1) is 25.7 Å². The van der Waals surface area contributed by atoms with Crippen LogP contribution in [0.25, 0.3) is 0 Å². The van der Waals surface area contributed by atoms with E-state index >= 15 is 0 Å². The molecule has 4 rings (SSSR count). The van der Waals surface area contributed by atoms with Crippen LogP contribution >= 0.6 is 0 Å². The molecule has 1 saturated heterocycles.